The highest BCUT2D eigenvalue weighted by atomic mass is 32.2. The first-order valence-electron chi connectivity index (χ1n) is 6.95. The third kappa shape index (κ3) is 2.71. The van der Waals surface area contributed by atoms with Crippen molar-refractivity contribution in [2.75, 3.05) is 18.1 Å². The number of thioether (sulfide) groups is 1. The predicted octanol–water partition coefficient (Wildman–Crippen LogP) is 3.81. The molecule has 0 radical (unpaired) electrons. The molecular formula is C16H14N2O2S2. The van der Waals surface area contributed by atoms with Gasteiger partial charge in [-0.15, -0.1) is 11.3 Å². The molecule has 6 heteroatoms. The van der Waals surface area contributed by atoms with Crippen molar-refractivity contribution in [2.24, 2.45) is 0 Å². The first-order chi connectivity index (χ1) is 10.8. The average molecular weight is 330 g/mol. The number of thiazole rings is 1. The summed E-state index contributed by atoms with van der Waals surface area (Å²) < 4.78 is 13.8. The Balaban J connectivity index is 1.44. The Hall–Kier alpha value is -1.92. The molecule has 3 aromatic rings. The summed E-state index contributed by atoms with van der Waals surface area (Å²) in [5, 5.41) is 0. The molecule has 1 atom stereocenters. The molecule has 4 nitrogen and oxygen atoms in total. The van der Waals surface area contributed by atoms with E-state index in [2.05, 4.69) is 4.98 Å². The van der Waals surface area contributed by atoms with E-state index in [9.17, 15) is 0 Å². The summed E-state index contributed by atoms with van der Waals surface area (Å²) in [7, 11) is 0. The Bertz CT molecular complexity index is 819. The summed E-state index contributed by atoms with van der Waals surface area (Å²) in [6.07, 6.45) is 0.0389. The first kappa shape index (κ1) is 13.7. The number of nitrogens with two attached hydrogens (primary N) is 1. The van der Waals surface area contributed by atoms with Crippen LogP contribution in [0, 0.1) is 0 Å². The highest BCUT2D eigenvalue weighted by molar-refractivity contribution is 8.01. The van der Waals surface area contributed by atoms with E-state index in [1.165, 1.54) is 0 Å². The lowest BCUT2D eigenvalue weighted by molar-refractivity contribution is 0.107. The molecule has 0 spiro atoms. The van der Waals surface area contributed by atoms with Crippen LogP contribution in [0.2, 0.25) is 0 Å². The third-order valence-corrected chi connectivity index (χ3v) is 5.65. The molecule has 0 saturated heterocycles. The normalized spacial score (nSPS) is 16.8. The van der Waals surface area contributed by atoms with Crippen molar-refractivity contribution >= 4 is 39.0 Å². The summed E-state index contributed by atoms with van der Waals surface area (Å²) in [5.74, 6) is 2.44. The Labute approximate surface area is 136 Å². The molecule has 0 bridgehead atoms. The lowest BCUT2D eigenvalue weighted by Gasteiger charge is -2.25. The second kappa shape index (κ2) is 5.70. The van der Waals surface area contributed by atoms with Crippen LogP contribution in [0.1, 0.15) is 0 Å². The van der Waals surface area contributed by atoms with Gasteiger partial charge in [0, 0.05) is 11.4 Å². The second-order valence-corrected chi connectivity index (χ2v) is 7.31. The van der Waals surface area contributed by atoms with Crippen molar-refractivity contribution in [2.45, 2.75) is 10.4 Å². The Morgan fingerprint density at radius 3 is 3.00 bits per heavy atom. The molecule has 0 fully saturated rings. The number of rotatable bonds is 3. The highest BCUT2D eigenvalue weighted by Gasteiger charge is 2.21. The number of aromatic nitrogens is 1. The molecule has 4 rings (SSSR count). The Morgan fingerprint density at radius 1 is 1.23 bits per heavy atom. The standard InChI is InChI=1S/C16H14N2O2S2/c17-10-5-6-12-15(7-10)22-16(18-12)21-9-11-8-19-13-3-1-2-4-14(13)20-11/h1-7,11H,8-9,17H2. The SMILES string of the molecule is Nc1ccc2nc(SCC3COc4ccccc4O3)sc2c1. The monoisotopic (exact) mass is 330 g/mol. The van der Waals surface area contributed by atoms with E-state index in [0.717, 1.165) is 37.5 Å². The summed E-state index contributed by atoms with van der Waals surface area (Å²) in [6.45, 7) is 0.571. The van der Waals surface area contributed by atoms with E-state index in [4.69, 9.17) is 15.2 Å². The molecular weight excluding hydrogens is 316 g/mol. The number of ether oxygens (including phenoxy) is 2. The maximum absolute atomic E-state index is 5.96. The average Bonchev–Trinajstić information content (AvgIpc) is 2.94. The summed E-state index contributed by atoms with van der Waals surface area (Å²) in [5.41, 5.74) is 7.57. The van der Waals surface area contributed by atoms with Crippen LogP contribution in [0.4, 0.5) is 5.69 Å². The molecule has 1 aliphatic heterocycles. The van der Waals surface area contributed by atoms with Gasteiger partial charge in [-0.25, -0.2) is 4.98 Å². The van der Waals surface area contributed by atoms with E-state index in [0.29, 0.717) is 6.61 Å². The minimum atomic E-state index is 0.0389. The number of hydrogen-bond acceptors (Lipinski definition) is 6. The van der Waals surface area contributed by atoms with Gasteiger partial charge >= 0.3 is 0 Å². The number of anilines is 1. The lowest BCUT2D eigenvalue weighted by atomic mass is 10.3. The van der Waals surface area contributed by atoms with Gasteiger partial charge in [0.1, 0.15) is 12.7 Å². The zero-order chi connectivity index (χ0) is 14.9. The van der Waals surface area contributed by atoms with Gasteiger partial charge in [0.05, 0.1) is 10.2 Å². The van der Waals surface area contributed by atoms with Crippen LogP contribution in [-0.4, -0.2) is 23.4 Å². The fraction of sp³-hybridized carbons (Fsp3) is 0.188. The van der Waals surface area contributed by atoms with Gasteiger partial charge in [-0.3, -0.25) is 0 Å². The van der Waals surface area contributed by atoms with Crippen molar-refractivity contribution < 1.29 is 9.47 Å². The molecule has 2 heterocycles. The van der Waals surface area contributed by atoms with Gasteiger partial charge in [0.15, 0.2) is 15.8 Å². The van der Waals surface area contributed by atoms with Crippen molar-refractivity contribution in [3.05, 3.63) is 42.5 Å². The third-order valence-electron chi connectivity index (χ3n) is 3.35. The predicted molar refractivity (Wildman–Crippen MR) is 91.1 cm³/mol. The van der Waals surface area contributed by atoms with Crippen molar-refractivity contribution in [1.29, 1.82) is 0 Å². The fourth-order valence-corrected chi connectivity index (χ4v) is 4.40. The maximum Gasteiger partial charge on any atom is 0.161 e. The lowest BCUT2D eigenvalue weighted by Crippen LogP contribution is -2.31. The number of para-hydroxylation sites is 2. The van der Waals surface area contributed by atoms with Crippen molar-refractivity contribution in [1.82, 2.24) is 4.98 Å². The molecule has 22 heavy (non-hydrogen) atoms. The summed E-state index contributed by atoms with van der Waals surface area (Å²) >= 11 is 3.36. The Morgan fingerprint density at radius 2 is 2.09 bits per heavy atom. The topological polar surface area (TPSA) is 57.4 Å². The number of hydrogen-bond donors (Lipinski definition) is 1. The maximum atomic E-state index is 5.96. The molecule has 112 valence electrons. The van der Waals surface area contributed by atoms with Gasteiger partial charge in [-0.2, -0.15) is 0 Å². The number of benzene rings is 2. The van der Waals surface area contributed by atoms with E-state index < -0.39 is 0 Å². The van der Waals surface area contributed by atoms with E-state index in [1.54, 1.807) is 23.1 Å². The minimum absolute atomic E-state index is 0.0389. The molecule has 1 aromatic heterocycles. The van der Waals surface area contributed by atoms with E-state index >= 15 is 0 Å². The first-order valence-corrected chi connectivity index (χ1v) is 8.75. The smallest absolute Gasteiger partial charge is 0.161 e. The van der Waals surface area contributed by atoms with E-state index in [-0.39, 0.29) is 6.10 Å². The van der Waals surface area contributed by atoms with Gasteiger partial charge in [0.2, 0.25) is 0 Å². The number of nitrogen functional groups attached to an aromatic ring is 1. The van der Waals surface area contributed by atoms with Crippen LogP contribution in [0.15, 0.2) is 46.8 Å². The molecule has 0 amide bonds. The number of nitrogens with zero attached hydrogens (tertiary/aromatic N) is 1. The minimum Gasteiger partial charge on any atom is -0.486 e. The molecule has 1 aliphatic rings. The Kier molecular flexibility index (Phi) is 3.56. The van der Waals surface area contributed by atoms with E-state index in [1.807, 2.05) is 42.5 Å². The molecule has 1 unspecified atom stereocenters. The van der Waals surface area contributed by atoms with Crippen LogP contribution in [0.3, 0.4) is 0 Å². The van der Waals surface area contributed by atoms with Gasteiger partial charge in [-0.1, -0.05) is 23.9 Å². The van der Waals surface area contributed by atoms with Crippen LogP contribution in [-0.2, 0) is 0 Å². The van der Waals surface area contributed by atoms with Crippen LogP contribution in [0.25, 0.3) is 10.2 Å². The molecule has 0 aliphatic carbocycles. The molecule has 2 aromatic carbocycles. The second-order valence-electron chi connectivity index (χ2n) is 5.02. The molecule has 0 saturated carbocycles. The van der Waals surface area contributed by atoms with Crippen LogP contribution < -0.4 is 15.2 Å². The summed E-state index contributed by atoms with van der Waals surface area (Å²) in [6, 6.07) is 13.6. The quantitative estimate of drug-likeness (QED) is 0.584. The largest absolute Gasteiger partial charge is 0.486 e. The zero-order valence-corrected chi connectivity index (χ0v) is 13.3. The zero-order valence-electron chi connectivity index (χ0n) is 11.7. The van der Waals surface area contributed by atoms with Crippen molar-refractivity contribution in [3.63, 3.8) is 0 Å². The van der Waals surface area contributed by atoms with Gasteiger partial charge in [-0.05, 0) is 30.3 Å². The van der Waals surface area contributed by atoms with Crippen LogP contribution >= 0.6 is 23.1 Å². The molecule has 2 N–H and O–H groups in total. The van der Waals surface area contributed by atoms with Crippen LogP contribution in [0.5, 0.6) is 11.5 Å². The van der Waals surface area contributed by atoms with Gasteiger partial charge < -0.3 is 15.2 Å². The van der Waals surface area contributed by atoms with Gasteiger partial charge in [0.25, 0.3) is 0 Å². The highest BCUT2D eigenvalue weighted by Crippen LogP contribution is 2.34. The summed E-state index contributed by atoms with van der Waals surface area (Å²) in [4.78, 5) is 4.61. The fourth-order valence-electron chi connectivity index (χ4n) is 2.29. The number of fused-ring (bicyclic) bond motifs is 2. The van der Waals surface area contributed by atoms with Crippen molar-refractivity contribution in [3.8, 4) is 11.5 Å².